The zero-order valence-electron chi connectivity index (χ0n) is 68.0. The van der Waals surface area contributed by atoms with Gasteiger partial charge in [-0.1, -0.05) is 212 Å². The highest BCUT2D eigenvalue weighted by Crippen LogP contribution is 2.48. The molecule has 7 nitrogen and oxygen atoms in total. The molecular formula is C108H99N7. The molecule has 0 amide bonds. The van der Waals surface area contributed by atoms with E-state index in [0.717, 1.165) is 119 Å². The molecule has 0 aliphatic carbocycles. The predicted octanol–water partition coefficient (Wildman–Crippen LogP) is 31.4. The van der Waals surface area contributed by atoms with Crippen molar-refractivity contribution in [2.24, 2.45) is 0 Å². The van der Waals surface area contributed by atoms with Gasteiger partial charge in [0.25, 0.3) is 0 Å². The summed E-state index contributed by atoms with van der Waals surface area (Å²) in [6, 6.07) is 139. The fourth-order valence-electron chi connectivity index (χ4n) is 14.7. The molecule has 0 aliphatic rings. The van der Waals surface area contributed by atoms with E-state index in [9.17, 15) is 0 Å². The normalized spacial score (nSPS) is 11.0. The largest absolute Gasteiger partial charge is 0.311 e. The Hall–Kier alpha value is -13.9. The number of aryl methyl sites for hydroxylation is 12. The highest BCUT2D eigenvalue weighted by molar-refractivity contribution is 5.91. The molecule has 0 unspecified atom stereocenters. The van der Waals surface area contributed by atoms with Crippen LogP contribution < -0.4 is 34.3 Å². The van der Waals surface area contributed by atoms with Crippen molar-refractivity contribution in [3.63, 3.8) is 0 Å². The van der Waals surface area contributed by atoms with Crippen molar-refractivity contribution in [1.29, 1.82) is 0 Å². The van der Waals surface area contributed by atoms with Crippen LogP contribution in [-0.2, 0) is 0 Å². The Labute approximate surface area is 681 Å². The highest BCUT2D eigenvalue weighted by Gasteiger charge is 2.25. The summed E-state index contributed by atoms with van der Waals surface area (Å²) in [5.74, 6) is 0. The van der Waals surface area contributed by atoms with Crippen LogP contribution >= 0.6 is 0 Å². The molecule has 0 aliphatic heterocycles. The third kappa shape index (κ3) is 17.9. The molecule has 566 valence electrons. The van der Waals surface area contributed by atoms with E-state index in [1.807, 2.05) is 0 Å². The Kier molecular flexibility index (Phi) is 22.9. The molecule has 115 heavy (non-hydrogen) atoms. The van der Waals surface area contributed by atoms with Gasteiger partial charge < -0.3 is 34.3 Å². The van der Waals surface area contributed by atoms with Gasteiger partial charge in [0.05, 0.1) is 17.1 Å². The van der Waals surface area contributed by atoms with Gasteiger partial charge in [-0.05, 0) is 320 Å². The summed E-state index contributed by atoms with van der Waals surface area (Å²) in [7, 11) is 0. The first kappa shape index (κ1) is 76.5. The van der Waals surface area contributed by atoms with E-state index in [1.54, 1.807) is 0 Å². The van der Waals surface area contributed by atoms with E-state index in [1.165, 1.54) is 66.8 Å². The first-order valence-electron chi connectivity index (χ1n) is 39.7. The molecule has 16 rings (SSSR count). The zero-order chi connectivity index (χ0) is 79.6. The maximum atomic E-state index is 2.37. The molecule has 0 bridgehead atoms. The first-order chi connectivity index (χ1) is 55.9. The van der Waals surface area contributed by atoms with Gasteiger partial charge in [-0.2, -0.15) is 0 Å². The Morgan fingerprint density at radius 2 is 0.148 bits per heavy atom. The quantitative estimate of drug-likeness (QED) is 0.0706. The maximum absolute atomic E-state index is 2.37. The van der Waals surface area contributed by atoms with Crippen molar-refractivity contribution in [3.05, 3.63) is 449 Å². The van der Waals surface area contributed by atoms with Gasteiger partial charge in [0.1, 0.15) is 0 Å². The standard InChI is InChI=1S/C60H54N4.C48H45N3/c1-43-7-19-49(20-8-43)61(50-21-9-44(2)10-22-50)55-31-37-58(38-32-55)64(59-39-33-56(34-40-59)62(51-23-11-45(3)12-24-51)52-25-13-46(4)14-26-52)60-41-35-57(36-42-60)63(53-27-15-47(5)16-28-53)54-29-17-48(6)18-30-54;1-34-7-19-40(20-8-34)49(41-21-9-35(2)10-22-41)46-31-47(50(42-23-11-36(3)12-24-42)43-25-13-37(4)14-26-43)33-48(32-46)51(44-27-15-38(5)16-28-44)45-29-17-39(6)18-30-45/h7-42H,1-6H3;7-33H,1-6H3. The van der Waals surface area contributed by atoms with Crippen LogP contribution in [0.2, 0.25) is 0 Å². The van der Waals surface area contributed by atoms with E-state index < -0.39 is 0 Å². The summed E-state index contributed by atoms with van der Waals surface area (Å²) in [5, 5.41) is 0. The Morgan fingerprint density at radius 3 is 0.226 bits per heavy atom. The Balaban J connectivity index is 0.000000186. The molecule has 0 heterocycles. The molecule has 0 N–H and O–H groups in total. The zero-order valence-corrected chi connectivity index (χ0v) is 68.0. The van der Waals surface area contributed by atoms with Crippen molar-refractivity contribution in [2.75, 3.05) is 34.3 Å². The van der Waals surface area contributed by atoms with Gasteiger partial charge in [-0.25, -0.2) is 0 Å². The van der Waals surface area contributed by atoms with Gasteiger partial charge in [-0.15, -0.1) is 0 Å². The fourth-order valence-corrected chi connectivity index (χ4v) is 14.7. The van der Waals surface area contributed by atoms with Crippen LogP contribution in [0.5, 0.6) is 0 Å². The average Bonchev–Trinajstić information content (AvgIpc) is 0.763. The molecular weight excluding hydrogens is 1400 g/mol. The lowest BCUT2D eigenvalue weighted by Crippen LogP contribution is -2.16. The van der Waals surface area contributed by atoms with E-state index in [2.05, 4.69) is 500 Å². The van der Waals surface area contributed by atoms with Crippen LogP contribution in [0.15, 0.2) is 382 Å². The first-order valence-corrected chi connectivity index (χ1v) is 39.7. The summed E-state index contributed by atoms with van der Waals surface area (Å²) in [6.07, 6.45) is 0. The lowest BCUT2D eigenvalue weighted by molar-refractivity contribution is 1.21. The number of benzene rings is 16. The van der Waals surface area contributed by atoms with E-state index in [-0.39, 0.29) is 0 Å². The Bertz CT molecular complexity index is 5000. The van der Waals surface area contributed by atoms with Gasteiger partial charge in [-0.3, -0.25) is 0 Å². The molecule has 7 heteroatoms. The summed E-state index contributed by atoms with van der Waals surface area (Å²) in [6.45, 7) is 25.6. The van der Waals surface area contributed by atoms with Crippen molar-refractivity contribution in [2.45, 2.75) is 83.1 Å². The molecule has 0 aromatic heterocycles. The monoisotopic (exact) mass is 1490 g/mol. The third-order valence-corrected chi connectivity index (χ3v) is 21.3. The smallest absolute Gasteiger partial charge is 0.0503 e. The molecule has 0 atom stereocenters. The van der Waals surface area contributed by atoms with Crippen molar-refractivity contribution < 1.29 is 0 Å². The molecule has 0 spiro atoms. The summed E-state index contributed by atoms with van der Waals surface area (Å²) >= 11 is 0. The van der Waals surface area contributed by atoms with E-state index in [4.69, 9.17) is 0 Å². The van der Waals surface area contributed by atoms with Gasteiger partial charge in [0.15, 0.2) is 0 Å². The second kappa shape index (κ2) is 34.4. The van der Waals surface area contributed by atoms with Crippen LogP contribution in [0, 0.1) is 83.1 Å². The van der Waals surface area contributed by atoms with Crippen LogP contribution in [0.25, 0.3) is 0 Å². The number of hydrogen-bond acceptors (Lipinski definition) is 7. The van der Waals surface area contributed by atoms with Crippen molar-refractivity contribution in [1.82, 2.24) is 0 Å². The van der Waals surface area contributed by atoms with E-state index in [0.29, 0.717) is 0 Å². The number of anilines is 21. The topological polar surface area (TPSA) is 22.7 Å². The molecule has 0 saturated carbocycles. The molecule has 0 radical (unpaired) electrons. The molecule has 0 fully saturated rings. The minimum absolute atomic E-state index is 1.06. The van der Waals surface area contributed by atoms with Crippen LogP contribution in [0.1, 0.15) is 66.8 Å². The maximum Gasteiger partial charge on any atom is 0.0503 e. The molecule has 0 saturated heterocycles. The number of nitrogens with zero attached hydrogens (tertiary/aromatic N) is 7. The van der Waals surface area contributed by atoms with Crippen LogP contribution in [0.4, 0.5) is 119 Å². The second-order valence-corrected chi connectivity index (χ2v) is 30.6. The minimum Gasteiger partial charge on any atom is -0.311 e. The SMILES string of the molecule is Cc1ccc(N(c2ccc(C)cc2)c2cc(N(c3ccc(C)cc3)c3ccc(C)cc3)cc(N(c3ccc(C)cc3)c3ccc(C)cc3)c2)cc1.Cc1ccc(N(c2ccc(C)cc2)c2ccc(N(c3ccc(N(c4ccc(C)cc4)c4ccc(C)cc4)cc3)c3ccc(N(c4ccc(C)cc4)c4ccc(C)cc4)cc3)cc2)cc1. The molecule has 16 aromatic carbocycles. The number of rotatable bonds is 21. The minimum atomic E-state index is 1.06. The van der Waals surface area contributed by atoms with Crippen LogP contribution in [0.3, 0.4) is 0 Å². The van der Waals surface area contributed by atoms with Crippen molar-refractivity contribution in [3.8, 4) is 0 Å². The summed E-state index contributed by atoms with van der Waals surface area (Å²) < 4.78 is 0. The highest BCUT2D eigenvalue weighted by atomic mass is 15.2. The predicted molar refractivity (Wildman–Crippen MR) is 493 cm³/mol. The van der Waals surface area contributed by atoms with E-state index >= 15 is 0 Å². The second-order valence-electron chi connectivity index (χ2n) is 30.6. The lowest BCUT2D eigenvalue weighted by atomic mass is 10.1. The third-order valence-electron chi connectivity index (χ3n) is 21.3. The summed E-state index contributed by atoms with van der Waals surface area (Å²) in [5.41, 5.74) is 37.7. The molecule has 16 aromatic rings. The summed E-state index contributed by atoms with van der Waals surface area (Å²) in [4.78, 5) is 16.4. The fraction of sp³-hybridized carbons (Fsp3) is 0.111. The average molecular weight is 1500 g/mol. The van der Waals surface area contributed by atoms with Gasteiger partial charge in [0, 0.05) is 102 Å². The van der Waals surface area contributed by atoms with Crippen LogP contribution in [-0.4, -0.2) is 0 Å². The van der Waals surface area contributed by atoms with Gasteiger partial charge in [0.2, 0.25) is 0 Å². The number of hydrogen-bond donors (Lipinski definition) is 0. The van der Waals surface area contributed by atoms with Crippen molar-refractivity contribution >= 4 is 119 Å². The lowest BCUT2D eigenvalue weighted by Gasteiger charge is -2.33. The Morgan fingerprint density at radius 1 is 0.0870 bits per heavy atom. The van der Waals surface area contributed by atoms with Gasteiger partial charge >= 0.3 is 0 Å².